The summed E-state index contributed by atoms with van der Waals surface area (Å²) in [5.74, 6) is 0. The predicted molar refractivity (Wildman–Crippen MR) is 75.7 cm³/mol. The van der Waals surface area contributed by atoms with Crippen LogP contribution >= 0.6 is 0 Å². The first kappa shape index (κ1) is 13.3. The lowest BCUT2D eigenvalue weighted by Gasteiger charge is -2.31. The van der Waals surface area contributed by atoms with Crippen LogP contribution in [-0.2, 0) is 11.2 Å². The van der Waals surface area contributed by atoms with Crippen molar-refractivity contribution in [3.05, 3.63) is 47.0 Å². The zero-order chi connectivity index (χ0) is 13.0. The van der Waals surface area contributed by atoms with E-state index in [1.165, 1.54) is 16.7 Å². The normalized spacial score (nSPS) is 20.1. The molecule has 18 heavy (non-hydrogen) atoms. The van der Waals surface area contributed by atoms with Crippen LogP contribution in [0.2, 0.25) is 0 Å². The summed E-state index contributed by atoms with van der Waals surface area (Å²) in [4.78, 5) is 0. The van der Waals surface area contributed by atoms with Crippen LogP contribution in [0.25, 0.3) is 0 Å². The lowest BCUT2D eigenvalue weighted by Crippen LogP contribution is -2.37. The van der Waals surface area contributed by atoms with Crippen LogP contribution in [0, 0.1) is 0 Å². The highest BCUT2D eigenvalue weighted by molar-refractivity contribution is 5.33. The zero-order valence-electron chi connectivity index (χ0n) is 11.6. The van der Waals surface area contributed by atoms with E-state index >= 15 is 0 Å². The summed E-state index contributed by atoms with van der Waals surface area (Å²) in [6.07, 6.45) is 3.45. The Hall–Kier alpha value is -1.12. The van der Waals surface area contributed by atoms with Crippen LogP contribution in [0.5, 0.6) is 0 Å². The summed E-state index contributed by atoms with van der Waals surface area (Å²) in [6, 6.07) is 8.90. The van der Waals surface area contributed by atoms with Crippen molar-refractivity contribution in [2.45, 2.75) is 39.3 Å². The summed E-state index contributed by atoms with van der Waals surface area (Å²) >= 11 is 0. The van der Waals surface area contributed by atoms with Gasteiger partial charge in [-0.3, -0.25) is 0 Å². The average molecular weight is 245 g/mol. The minimum absolute atomic E-state index is 0.143. The molecule has 0 saturated heterocycles. The fraction of sp³-hybridized carbons (Fsp3) is 0.500. The maximum Gasteiger partial charge on any atom is 0.102 e. The van der Waals surface area contributed by atoms with Gasteiger partial charge in [0.2, 0.25) is 0 Å². The van der Waals surface area contributed by atoms with E-state index in [-0.39, 0.29) is 12.1 Å². The minimum atomic E-state index is 0.143. The summed E-state index contributed by atoms with van der Waals surface area (Å²) in [6.45, 7) is 8.19. The standard InChI is InChI=1S/C16H23NO/c1-4-17-15(11-12(2)3)16-14-8-6-5-7-13(14)9-10-18-16/h5-8,11,15-17H,4,9-10H2,1-3H3. The maximum absolute atomic E-state index is 6.01. The van der Waals surface area contributed by atoms with Crippen molar-refractivity contribution in [3.8, 4) is 0 Å². The molecule has 1 aliphatic heterocycles. The average Bonchev–Trinajstić information content (AvgIpc) is 2.37. The molecule has 0 bridgehead atoms. The van der Waals surface area contributed by atoms with Crippen LogP contribution in [-0.4, -0.2) is 19.2 Å². The Kier molecular flexibility index (Phi) is 4.56. The fourth-order valence-electron chi connectivity index (χ4n) is 2.57. The summed E-state index contributed by atoms with van der Waals surface area (Å²) in [5.41, 5.74) is 4.10. The van der Waals surface area contributed by atoms with Gasteiger partial charge in [0.25, 0.3) is 0 Å². The number of nitrogens with one attached hydrogen (secondary N) is 1. The van der Waals surface area contributed by atoms with E-state index in [4.69, 9.17) is 4.74 Å². The number of likely N-dealkylation sites (N-methyl/N-ethyl adjacent to an activating group) is 1. The summed E-state index contributed by atoms with van der Waals surface area (Å²) in [7, 11) is 0. The Labute approximate surface area is 110 Å². The van der Waals surface area contributed by atoms with E-state index in [9.17, 15) is 0 Å². The second-order valence-corrected chi connectivity index (χ2v) is 5.07. The van der Waals surface area contributed by atoms with Gasteiger partial charge in [-0.15, -0.1) is 0 Å². The van der Waals surface area contributed by atoms with Crippen LogP contribution in [0.3, 0.4) is 0 Å². The quantitative estimate of drug-likeness (QED) is 0.822. The highest BCUT2D eigenvalue weighted by Crippen LogP contribution is 2.30. The lowest BCUT2D eigenvalue weighted by atomic mass is 9.92. The maximum atomic E-state index is 6.01. The van der Waals surface area contributed by atoms with Gasteiger partial charge in [0.05, 0.1) is 12.6 Å². The smallest absolute Gasteiger partial charge is 0.102 e. The van der Waals surface area contributed by atoms with Crippen molar-refractivity contribution >= 4 is 0 Å². The molecule has 1 aromatic rings. The van der Waals surface area contributed by atoms with Crippen molar-refractivity contribution in [1.29, 1.82) is 0 Å². The van der Waals surface area contributed by atoms with Gasteiger partial charge >= 0.3 is 0 Å². The minimum Gasteiger partial charge on any atom is -0.371 e. The van der Waals surface area contributed by atoms with Gasteiger partial charge < -0.3 is 10.1 Å². The molecule has 2 rings (SSSR count). The number of hydrogen-bond donors (Lipinski definition) is 1. The van der Waals surface area contributed by atoms with Gasteiger partial charge in [-0.25, -0.2) is 0 Å². The van der Waals surface area contributed by atoms with Gasteiger partial charge in [-0.05, 0) is 37.9 Å². The van der Waals surface area contributed by atoms with Gasteiger partial charge in [0, 0.05) is 0 Å². The van der Waals surface area contributed by atoms with Gasteiger partial charge in [0.1, 0.15) is 6.10 Å². The lowest BCUT2D eigenvalue weighted by molar-refractivity contribution is 0.0265. The van der Waals surface area contributed by atoms with E-state index < -0.39 is 0 Å². The first-order chi connectivity index (χ1) is 8.72. The molecule has 2 atom stereocenters. The SMILES string of the molecule is CCNC(C=C(C)C)C1OCCc2ccccc21. The Balaban J connectivity index is 2.29. The summed E-state index contributed by atoms with van der Waals surface area (Å²) in [5, 5.41) is 3.52. The molecule has 98 valence electrons. The molecule has 0 saturated carbocycles. The van der Waals surface area contributed by atoms with Crippen LogP contribution in [0.4, 0.5) is 0 Å². The fourth-order valence-corrected chi connectivity index (χ4v) is 2.57. The molecule has 0 aliphatic carbocycles. The number of rotatable bonds is 4. The predicted octanol–water partition coefficient (Wildman–Crippen LogP) is 3.24. The van der Waals surface area contributed by atoms with E-state index in [1.54, 1.807) is 0 Å². The molecule has 1 N–H and O–H groups in total. The van der Waals surface area contributed by atoms with Crippen LogP contribution < -0.4 is 5.32 Å². The van der Waals surface area contributed by atoms with E-state index in [2.05, 4.69) is 56.4 Å². The topological polar surface area (TPSA) is 21.3 Å². The largest absolute Gasteiger partial charge is 0.371 e. The van der Waals surface area contributed by atoms with Crippen LogP contribution in [0.1, 0.15) is 38.0 Å². The van der Waals surface area contributed by atoms with E-state index in [1.807, 2.05) is 0 Å². The van der Waals surface area contributed by atoms with Crippen molar-refractivity contribution < 1.29 is 4.74 Å². The number of ether oxygens (including phenoxy) is 1. The first-order valence-corrected chi connectivity index (χ1v) is 6.80. The first-order valence-electron chi connectivity index (χ1n) is 6.80. The van der Waals surface area contributed by atoms with Crippen molar-refractivity contribution in [2.24, 2.45) is 0 Å². The molecule has 2 unspecified atom stereocenters. The second-order valence-electron chi connectivity index (χ2n) is 5.07. The molecule has 1 aliphatic rings. The van der Waals surface area contributed by atoms with Crippen molar-refractivity contribution in [2.75, 3.05) is 13.2 Å². The number of allylic oxidation sites excluding steroid dienone is 1. The Morgan fingerprint density at radius 1 is 1.44 bits per heavy atom. The highest BCUT2D eigenvalue weighted by atomic mass is 16.5. The van der Waals surface area contributed by atoms with E-state index in [0.29, 0.717) is 0 Å². The monoisotopic (exact) mass is 245 g/mol. The Morgan fingerprint density at radius 3 is 2.94 bits per heavy atom. The molecule has 0 radical (unpaired) electrons. The zero-order valence-corrected chi connectivity index (χ0v) is 11.6. The molecule has 1 heterocycles. The third kappa shape index (κ3) is 3.01. The van der Waals surface area contributed by atoms with Crippen LogP contribution in [0.15, 0.2) is 35.9 Å². The molecule has 0 aromatic heterocycles. The number of benzene rings is 1. The van der Waals surface area contributed by atoms with Gasteiger partial charge in [-0.2, -0.15) is 0 Å². The molecule has 2 nitrogen and oxygen atoms in total. The molecular weight excluding hydrogens is 222 g/mol. The molecular formula is C16H23NO. The van der Waals surface area contributed by atoms with Crippen molar-refractivity contribution in [1.82, 2.24) is 5.32 Å². The Morgan fingerprint density at radius 2 is 2.22 bits per heavy atom. The molecule has 0 fully saturated rings. The summed E-state index contributed by atoms with van der Waals surface area (Å²) < 4.78 is 6.01. The Bertz CT molecular complexity index is 421. The third-order valence-corrected chi connectivity index (χ3v) is 3.31. The van der Waals surface area contributed by atoms with Gasteiger partial charge in [-0.1, -0.05) is 42.8 Å². The second kappa shape index (κ2) is 6.17. The highest BCUT2D eigenvalue weighted by Gasteiger charge is 2.26. The third-order valence-electron chi connectivity index (χ3n) is 3.31. The molecule has 2 heteroatoms. The van der Waals surface area contributed by atoms with Crippen molar-refractivity contribution in [3.63, 3.8) is 0 Å². The number of fused-ring (bicyclic) bond motifs is 1. The number of hydrogen-bond acceptors (Lipinski definition) is 2. The van der Waals surface area contributed by atoms with Gasteiger partial charge in [0.15, 0.2) is 0 Å². The molecule has 0 spiro atoms. The molecule has 0 amide bonds. The van der Waals surface area contributed by atoms with E-state index in [0.717, 1.165) is 19.6 Å². The molecule has 1 aromatic carbocycles.